The second-order valence-electron chi connectivity index (χ2n) is 3.78. The summed E-state index contributed by atoms with van der Waals surface area (Å²) in [6.45, 7) is -0.185. The number of rotatable bonds is 5. The Morgan fingerprint density at radius 2 is 2.35 bits per heavy atom. The molecule has 17 heavy (non-hydrogen) atoms. The van der Waals surface area contributed by atoms with Gasteiger partial charge in [0.2, 0.25) is 12.5 Å². The number of carboxylic acids is 1. The van der Waals surface area contributed by atoms with Crippen molar-refractivity contribution >= 4 is 23.6 Å². The number of hydrogen-bond acceptors (Lipinski definition) is 5. The van der Waals surface area contributed by atoms with E-state index in [1.54, 1.807) is 0 Å². The summed E-state index contributed by atoms with van der Waals surface area (Å²) in [5.74, 6) is -1.33. The second-order valence-corrected chi connectivity index (χ2v) is 5.05. The highest BCUT2D eigenvalue weighted by Crippen LogP contribution is 2.47. The first-order valence-electron chi connectivity index (χ1n) is 5.07. The van der Waals surface area contributed by atoms with Crippen molar-refractivity contribution in [3.63, 3.8) is 0 Å². The minimum absolute atomic E-state index is 0.0135. The third-order valence-corrected chi connectivity index (χ3v) is 3.97. The van der Waals surface area contributed by atoms with Gasteiger partial charge in [-0.3, -0.25) is 19.8 Å². The van der Waals surface area contributed by atoms with Crippen molar-refractivity contribution in [1.82, 2.24) is 4.90 Å². The van der Waals surface area contributed by atoms with Crippen molar-refractivity contribution in [1.29, 1.82) is 0 Å². The summed E-state index contributed by atoms with van der Waals surface area (Å²) in [6, 6.07) is 0. The van der Waals surface area contributed by atoms with Crippen LogP contribution in [0.25, 0.3) is 0 Å². The van der Waals surface area contributed by atoms with E-state index in [4.69, 9.17) is 5.11 Å². The highest BCUT2D eigenvalue weighted by molar-refractivity contribution is 8.04. The summed E-state index contributed by atoms with van der Waals surface area (Å²) in [6.07, 6.45) is 0.981. The fourth-order valence-corrected chi connectivity index (χ4v) is 3.32. The Kier molecular flexibility index (Phi) is 3.05. The number of fused-ring (bicyclic) bond motifs is 1. The van der Waals surface area contributed by atoms with Crippen molar-refractivity contribution in [3.8, 4) is 0 Å². The van der Waals surface area contributed by atoms with E-state index in [-0.39, 0.29) is 23.5 Å². The van der Waals surface area contributed by atoms with Gasteiger partial charge in [-0.05, 0) is 6.42 Å². The summed E-state index contributed by atoms with van der Waals surface area (Å²) in [5.41, 5.74) is 0.0135. The van der Waals surface area contributed by atoms with E-state index in [0.29, 0.717) is 24.2 Å². The van der Waals surface area contributed by atoms with Crippen molar-refractivity contribution in [2.45, 2.75) is 24.6 Å². The van der Waals surface area contributed by atoms with Crippen molar-refractivity contribution in [3.05, 3.63) is 20.7 Å². The Balaban J connectivity index is 2.07. The van der Waals surface area contributed by atoms with Crippen LogP contribution in [0, 0.1) is 10.1 Å². The number of hydrogen-bond donors (Lipinski definition) is 1. The number of aliphatic carboxylic acids is 1. The van der Waals surface area contributed by atoms with Crippen LogP contribution in [-0.4, -0.2) is 38.7 Å². The molecule has 8 heteroatoms. The van der Waals surface area contributed by atoms with Gasteiger partial charge < -0.3 is 5.11 Å². The van der Waals surface area contributed by atoms with Gasteiger partial charge in [0.25, 0.3) is 0 Å². The number of thioether (sulfide) groups is 1. The van der Waals surface area contributed by atoms with Crippen molar-refractivity contribution < 1.29 is 19.6 Å². The molecule has 0 aliphatic carbocycles. The van der Waals surface area contributed by atoms with E-state index in [1.165, 1.54) is 16.7 Å². The maximum absolute atomic E-state index is 11.3. The molecular weight excluding hydrogens is 248 g/mol. The maximum Gasteiger partial charge on any atom is 0.353 e. The Labute approximate surface area is 101 Å². The van der Waals surface area contributed by atoms with Crippen LogP contribution in [0.4, 0.5) is 0 Å². The number of allylic oxidation sites excluding steroid dienone is 1. The van der Waals surface area contributed by atoms with E-state index < -0.39 is 10.9 Å². The standard InChI is InChI=1S/C9H10N2O5S/c12-6-4-7-11(6)8(9(13)14)5(17-7)2-1-3-10(15)16/h7H,1-4H2,(H,13,14)/t7-/m1/s1. The summed E-state index contributed by atoms with van der Waals surface area (Å²) < 4.78 is 0. The van der Waals surface area contributed by atoms with E-state index in [0.717, 1.165) is 0 Å². The first-order chi connectivity index (χ1) is 8.00. The zero-order valence-electron chi connectivity index (χ0n) is 8.79. The maximum atomic E-state index is 11.3. The van der Waals surface area contributed by atoms with Crippen LogP contribution in [0.3, 0.4) is 0 Å². The molecule has 0 saturated carbocycles. The predicted molar refractivity (Wildman–Crippen MR) is 58.6 cm³/mol. The molecule has 2 aliphatic rings. The zero-order chi connectivity index (χ0) is 12.6. The van der Waals surface area contributed by atoms with Crippen LogP contribution in [-0.2, 0) is 9.59 Å². The number of nitrogens with zero attached hydrogens (tertiary/aromatic N) is 2. The van der Waals surface area contributed by atoms with Gasteiger partial charge >= 0.3 is 5.97 Å². The SMILES string of the molecule is O=C(O)C1=C(CCC[N+](=O)[O-])S[C@@H]2CC(=O)N12. The van der Waals surface area contributed by atoms with E-state index in [1.807, 2.05) is 0 Å². The minimum atomic E-state index is -1.14. The molecule has 2 heterocycles. The molecule has 2 aliphatic heterocycles. The lowest BCUT2D eigenvalue weighted by Crippen LogP contribution is -2.48. The van der Waals surface area contributed by atoms with E-state index in [9.17, 15) is 19.7 Å². The Hall–Kier alpha value is -1.57. The van der Waals surface area contributed by atoms with Gasteiger partial charge in [-0.15, -0.1) is 11.8 Å². The Bertz CT molecular complexity index is 433. The number of carboxylic acid groups (broad SMARTS) is 1. The summed E-state index contributed by atoms with van der Waals surface area (Å²) >= 11 is 1.33. The predicted octanol–water partition coefficient (Wildman–Crippen LogP) is 0.645. The molecule has 7 nitrogen and oxygen atoms in total. The molecule has 0 aromatic heterocycles. The van der Waals surface area contributed by atoms with Crippen LogP contribution < -0.4 is 0 Å². The van der Waals surface area contributed by atoms with E-state index >= 15 is 0 Å². The highest BCUT2D eigenvalue weighted by Gasteiger charge is 2.48. The molecule has 92 valence electrons. The molecule has 1 atom stereocenters. The fraction of sp³-hybridized carbons (Fsp3) is 0.556. The van der Waals surface area contributed by atoms with Gasteiger partial charge in [-0.2, -0.15) is 0 Å². The summed E-state index contributed by atoms with van der Waals surface area (Å²) in [5, 5.41) is 19.1. The zero-order valence-corrected chi connectivity index (χ0v) is 9.61. The van der Waals surface area contributed by atoms with Crippen LogP contribution in [0.1, 0.15) is 19.3 Å². The van der Waals surface area contributed by atoms with Crippen LogP contribution in [0.15, 0.2) is 10.6 Å². The lowest BCUT2D eigenvalue weighted by Gasteiger charge is -2.33. The summed E-state index contributed by atoms with van der Waals surface area (Å²) in [4.78, 5) is 33.9. The largest absolute Gasteiger partial charge is 0.477 e. The van der Waals surface area contributed by atoms with Gasteiger partial charge in [0.05, 0.1) is 11.8 Å². The minimum Gasteiger partial charge on any atom is -0.477 e. The lowest BCUT2D eigenvalue weighted by atomic mass is 10.1. The van der Waals surface area contributed by atoms with Gasteiger partial charge in [-0.1, -0.05) is 0 Å². The second kappa shape index (κ2) is 4.36. The molecule has 0 spiro atoms. The van der Waals surface area contributed by atoms with Gasteiger partial charge in [0.15, 0.2) is 0 Å². The molecule has 1 fully saturated rings. The molecule has 0 aromatic carbocycles. The molecule has 0 radical (unpaired) electrons. The van der Waals surface area contributed by atoms with Crippen molar-refractivity contribution in [2.24, 2.45) is 0 Å². The average Bonchev–Trinajstić information content (AvgIpc) is 2.50. The number of carbonyl (C=O) groups is 2. The van der Waals surface area contributed by atoms with Gasteiger partial charge in [0, 0.05) is 16.2 Å². The monoisotopic (exact) mass is 258 g/mol. The molecule has 1 saturated heterocycles. The van der Waals surface area contributed by atoms with Crippen LogP contribution >= 0.6 is 11.8 Å². The molecule has 1 amide bonds. The Morgan fingerprint density at radius 3 is 2.88 bits per heavy atom. The number of amides is 1. The van der Waals surface area contributed by atoms with Crippen LogP contribution in [0.5, 0.6) is 0 Å². The van der Waals surface area contributed by atoms with Gasteiger partial charge in [-0.25, -0.2) is 4.79 Å². The molecule has 1 N–H and O–H groups in total. The summed E-state index contributed by atoms with van der Waals surface area (Å²) in [7, 11) is 0. The third-order valence-electron chi connectivity index (χ3n) is 2.64. The average molecular weight is 258 g/mol. The van der Waals surface area contributed by atoms with Gasteiger partial charge in [0.1, 0.15) is 5.70 Å². The lowest BCUT2D eigenvalue weighted by molar-refractivity contribution is -0.480. The van der Waals surface area contributed by atoms with Crippen LogP contribution in [0.2, 0.25) is 0 Å². The normalized spacial score (nSPS) is 22.5. The third kappa shape index (κ3) is 2.12. The van der Waals surface area contributed by atoms with Crippen molar-refractivity contribution in [2.75, 3.05) is 6.54 Å². The number of nitro groups is 1. The number of β-lactam (4-membered cyclic amide) rings is 1. The highest BCUT2D eigenvalue weighted by atomic mass is 32.2. The first kappa shape index (κ1) is 11.9. The molecular formula is C9H10N2O5S. The molecule has 0 aromatic rings. The molecule has 2 rings (SSSR count). The molecule has 0 unspecified atom stereocenters. The quantitative estimate of drug-likeness (QED) is 0.441. The molecule has 0 bridgehead atoms. The topological polar surface area (TPSA) is 101 Å². The first-order valence-corrected chi connectivity index (χ1v) is 5.95. The Morgan fingerprint density at radius 1 is 1.65 bits per heavy atom. The fourth-order valence-electron chi connectivity index (χ4n) is 1.87. The smallest absolute Gasteiger partial charge is 0.353 e. The van der Waals surface area contributed by atoms with E-state index in [2.05, 4.69) is 0 Å². The number of carbonyl (C=O) groups excluding carboxylic acids is 1.